The molecule has 3 aromatic rings. The van der Waals surface area contributed by atoms with Crippen molar-refractivity contribution in [1.82, 2.24) is 24.6 Å². The molecule has 1 saturated heterocycles. The zero-order valence-electron chi connectivity index (χ0n) is 14.4. The highest BCUT2D eigenvalue weighted by Gasteiger charge is 2.37. The fraction of sp³-hybridized carbons (Fsp3) is 0.353. The molecule has 1 aliphatic rings. The number of aromatic nitrogens is 4. The quantitative estimate of drug-likeness (QED) is 0.677. The number of aryl methyl sites for hydroxylation is 1. The van der Waals surface area contributed by atoms with E-state index in [2.05, 4.69) is 19.7 Å². The van der Waals surface area contributed by atoms with Crippen LogP contribution in [0.3, 0.4) is 0 Å². The van der Waals surface area contributed by atoms with Crippen molar-refractivity contribution in [2.45, 2.75) is 19.3 Å². The van der Waals surface area contributed by atoms with E-state index in [1.165, 1.54) is 0 Å². The second-order valence-electron chi connectivity index (χ2n) is 6.13. The molecule has 0 atom stereocenters. The maximum Gasteiger partial charge on any atom is 0.267 e. The van der Waals surface area contributed by atoms with Crippen LogP contribution in [0.15, 0.2) is 28.8 Å². The van der Waals surface area contributed by atoms with Gasteiger partial charge in [-0.1, -0.05) is 27.8 Å². The van der Waals surface area contributed by atoms with Crippen molar-refractivity contribution in [3.05, 3.63) is 52.1 Å². The van der Waals surface area contributed by atoms with Crippen LogP contribution in [0.1, 0.15) is 38.6 Å². The molecule has 4 rings (SSSR count). The summed E-state index contributed by atoms with van der Waals surface area (Å²) in [5, 5.41) is 7.94. The number of rotatable bonds is 5. The van der Waals surface area contributed by atoms with Crippen LogP contribution in [0.5, 0.6) is 5.75 Å². The van der Waals surface area contributed by atoms with Gasteiger partial charge in [-0.05, 0) is 24.5 Å². The average molecular weight is 371 g/mol. The van der Waals surface area contributed by atoms with E-state index >= 15 is 0 Å². The lowest BCUT2D eigenvalue weighted by atomic mass is 10.00. The third kappa shape index (κ3) is 3.05. The summed E-state index contributed by atoms with van der Waals surface area (Å²) in [4.78, 5) is 19.2. The highest BCUT2D eigenvalue weighted by molar-refractivity contribution is 7.07. The van der Waals surface area contributed by atoms with Crippen LogP contribution in [0.25, 0.3) is 0 Å². The molecule has 9 heteroatoms. The van der Waals surface area contributed by atoms with Gasteiger partial charge in [-0.2, -0.15) is 4.98 Å². The highest BCUT2D eigenvalue weighted by atomic mass is 32.1. The minimum atomic E-state index is -0.0393. The van der Waals surface area contributed by atoms with Gasteiger partial charge in [0.05, 0.1) is 18.7 Å². The lowest BCUT2D eigenvalue weighted by molar-refractivity contribution is 0.0573. The second-order valence-corrected chi connectivity index (χ2v) is 6.89. The third-order valence-corrected chi connectivity index (χ3v) is 5.20. The number of carbonyl (C=O) groups is 1. The molecule has 8 nitrogen and oxygen atoms in total. The lowest BCUT2D eigenvalue weighted by Crippen LogP contribution is -2.48. The van der Waals surface area contributed by atoms with Crippen LogP contribution in [-0.4, -0.2) is 50.7 Å². The Morgan fingerprint density at radius 1 is 1.38 bits per heavy atom. The largest absolute Gasteiger partial charge is 0.496 e. The summed E-state index contributed by atoms with van der Waals surface area (Å²) in [5.74, 6) is 2.00. The van der Waals surface area contributed by atoms with Gasteiger partial charge in [0, 0.05) is 25.1 Å². The number of hydrogen-bond donors (Lipinski definition) is 0. The number of nitrogens with zero attached hydrogens (tertiary/aromatic N) is 5. The van der Waals surface area contributed by atoms with Gasteiger partial charge in [-0.25, -0.2) is 0 Å². The van der Waals surface area contributed by atoms with E-state index in [9.17, 15) is 4.79 Å². The Labute approximate surface area is 154 Å². The molecule has 0 aliphatic carbocycles. The molecule has 0 bridgehead atoms. The van der Waals surface area contributed by atoms with Gasteiger partial charge in [0.2, 0.25) is 5.89 Å². The maximum atomic E-state index is 12.4. The van der Waals surface area contributed by atoms with Crippen molar-refractivity contribution in [1.29, 1.82) is 0 Å². The minimum absolute atomic E-state index is 0.0393. The molecule has 0 saturated carbocycles. The summed E-state index contributed by atoms with van der Waals surface area (Å²) in [6, 6.07) is 7.75. The Balaban J connectivity index is 1.39. The average Bonchev–Trinajstić information content (AvgIpc) is 3.23. The van der Waals surface area contributed by atoms with E-state index in [0.717, 1.165) is 22.8 Å². The molecule has 0 unspecified atom stereocenters. The molecule has 26 heavy (non-hydrogen) atoms. The normalized spacial score (nSPS) is 14.3. The van der Waals surface area contributed by atoms with Gasteiger partial charge in [0.1, 0.15) is 10.6 Å². The molecule has 1 aromatic carbocycles. The third-order valence-electron chi connectivity index (χ3n) is 4.39. The zero-order chi connectivity index (χ0) is 18.1. The SMILES string of the molecule is COc1ccccc1Cc1noc(C2CN(C(=O)c3snnc3C)C2)n1. The monoisotopic (exact) mass is 371 g/mol. The summed E-state index contributed by atoms with van der Waals surface area (Å²) in [7, 11) is 1.64. The van der Waals surface area contributed by atoms with Crippen molar-refractivity contribution in [2.75, 3.05) is 20.2 Å². The van der Waals surface area contributed by atoms with Crippen molar-refractivity contribution in [3.63, 3.8) is 0 Å². The fourth-order valence-electron chi connectivity index (χ4n) is 2.90. The number of methoxy groups -OCH3 is 1. The molecular weight excluding hydrogens is 354 g/mol. The van der Waals surface area contributed by atoms with Crippen molar-refractivity contribution in [3.8, 4) is 5.75 Å². The van der Waals surface area contributed by atoms with Crippen LogP contribution in [-0.2, 0) is 6.42 Å². The molecule has 0 spiro atoms. The van der Waals surface area contributed by atoms with Crippen LogP contribution in [0, 0.1) is 6.92 Å². The molecule has 1 amide bonds. The van der Waals surface area contributed by atoms with Gasteiger partial charge >= 0.3 is 0 Å². The first kappa shape index (κ1) is 16.6. The van der Waals surface area contributed by atoms with Crippen molar-refractivity contribution >= 4 is 17.4 Å². The van der Waals surface area contributed by atoms with Gasteiger partial charge in [-0.3, -0.25) is 4.79 Å². The number of amides is 1. The first-order chi connectivity index (χ1) is 12.7. The van der Waals surface area contributed by atoms with Crippen LogP contribution >= 0.6 is 11.5 Å². The Morgan fingerprint density at radius 3 is 2.92 bits per heavy atom. The molecule has 1 fully saturated rings. The summed E-state index contributed by atoms with van der Waals surface area (Å²) in [5.41, 5.74) is 1.67. The number of para-hydroxylation sites is 1. The molecule has 1 aliphatic heterocycles. The van der Waals surface area contributed by atoms with Crippen molar-refractivity contribution < 1.29 is 14.1 Å². The van der Waals surface area contributed by atoms with E-state index in [-0.39, 0.29) is 11.8 Å². The first-order valence-electron chi connectivity index (χ1n) is 8.18. The van der Waals surface area contributed by atoms with E-state index in [1.54, 1.807) is 18.9 Å². The fourth-order valence-corrected chi connectivity index (χ4v) is 3.52. The smallest absolute Gasteiger partial charge is 0.267 e. The number of benzene rings is 1. The highest BCUT2D eigenvalue weighted by Crippen LogP contribution is 2.29. The Morgan fingerprint density at radius 2 is 2.19 bits per heavy atom. The van der Waals surface area contributed by atoms with E-state index < -0.39 is 0 Å². The lowest BCUT2D eigenvalue weighted by Gasteiger charge is -2.36. The second kappa shape index (κ2) is 6.83. The number of ether oxygens (including phenoxy) is 1. The van der Waals surface area contributed by atoms with Crippen LogP contribution < -0.4 is 4.74 Å². The standard InChI is InChI=1S/C17H17N5O3S/c1-10-15(26-21-19-10)17(23)22-8-12(9-22)16-18-14(20-25-16)7-11-5-3-4-6-13(11)24-2/h3-6,12H,7-9H2,1-2H3. The van der Waals surface area contributed by atoms with Gasteiger partial charge in [0.15, 0.2) is 5.82 Å². The van der Waals surface area contributed by atoms with E-state index in [4.69, 9.17) is 9.26 Å². The Bertz CT molecular complexity index is 932. The first-order valence-corrected chi connectivity index (χ1v) is 8.95. The molecule has 0 radical (unpaired) electrons. The summed E-state index contributed by atoms with van der Waals surface area (Å²) < 4.78 is 14.6. The molecule has 0 N–H and O–H groups in total. The van der Waals surface area contributed by atoms with E-state index in [1.807, 2.05) is 24.3 Å². The summed E-state index contributed by atoms with van der Waals surface area (Å²) in [6.07, 6.45) is 0.536. The summed E-state index contributed by atoms with van der Waals surface area (Å²) in [6.45, 7) is 2.91. The predicted octanol–water partition coefficient (Wildman–Crippen LogP) is 2.07. The topological polar surface area (TPSA) is 94.2 Å². The molecule has 134 valence electrons. The van der Waals surface area contributed by atoms with E-state index in [0.29, 0.717) is 41.8 Å². The predicted molar refractivity (Wildman–Crippen MR) is 93.4 cm³/mol. The number of hydrogen-bond acceptors (Lipinski definition) is 8. The Hall–Kier alpha value is -2.81. The minimum Gasteiger partial charge on any atom is -0.496 e. The van der Waals surface area contributed by atoms with Gasteiger partial charge in [0.25, 0.3) is 5.91 Å². The van der Waals surface area contributed by atoms with Crippen LogP contribution in [0.2, 0.25) is 0 Å². The number of carbonyl (C=O) groups excluding carboxylic acids is 1. The molecular formula is C17H17N5O3S. The summed E-state index contributed by atoms with van der Waals surface area (Å²) >= 11 is 1.13. The van der Waals surface area contributed by atoms with Crippen molar-refractivity contribution in [2.24, 2.45) is 0 Å². The molecule has 2 aromatic heterocycles. The Kier molecular flexibility index (Phi) is 4.37. The number of likely N-dealkylation sites (tertiary alicyclic amines) is 1. The maximum absolute atomic E-state index is 12.4. The zero-order valence-corrected chi connectivity index (χ0v) is 15.2. The van der Waals surface area contributed by atoms with Crippen LogP contribution in [0.4, 0.5) is 0 Å². The van der Waals surface area contributed by atoms with Gasteiger partial charge < -0.3 is 14.2 Å². The molecule has 3 heterocycles. The van der Waals surface area contributed by atoms with Gasteiger partial charge in [-0.15, -0.1) is 5.10 Å².